The molecule has 1 unspecified atom stereocenters. The molecule has 0 aromatic carbocycles. The first-order valence-electron chi connectivity index (χ1n) is 7.13. The van der Waals surface area contributed by atoms with Crippen molar-refractivity contribution in [3.05, 3.63) is 11.7 Å². The molecule has 0 bridgehead atoms. The fraction of sp³-hybridized carbons (Fsp3) is 0.786. The number of aromatic nitrogens is 2. The fourth-order valence-corrected chi connectivity index (χ4v) is 2.77. The summed E-state index contributed by atoms with van der Waals surface area (Å²) >= 11 is 0. The summed E-state index contributed by atoms with van der Waals surface area (Å²) in [5.41, 5.74) is -0.727. The number of rotatable bonds is 6. The summed E-state index contributed by atoms with van der Waals surface area (Å²) in [6, 6.07) is 0. The predicted molar refractivity (Wildman–Crippen MR) is 71.3 cm³/mol. The molecule has 6 nitrogen and oxygen atoms in total. The summed E-state index contributed by atoms with van der Waals surface area (Å²) < 4.78 is 10.4. The van der Waals surface area contributed by atoms with Gasteiger partial charge in [-0.05, 0) is 19.8 Å². The van der Waals surface area contributed by atoms with Gasteiger partial charge in [0.1, 0.15) is 0 Å². The average Bonchev–Trinajstić information content (AvgIpc) is 2.86. The summed E-state index contributed by atoms with van der Waals surface area (Å²) in [5, 5.41) is 13.4. The molecule has 1 aromatic heterocycles. The highest BCUT2D eigenvalue weighted by atomic mass is 16.5. The van der Waals surface area contributed by atoms with Crippen LogP contribution in [-0.4, -0.2) is 34.4 Å². The van der Waals surface area contributed by atoms with Gasteiger partial charge in [0.05, 0.1) is 11.5 Å². The highest BCUT2D eigenvalue weighted by Gasteiger charge is 2.41. The zero-order chi connectivity index (χ0) is 14.6. The molecule has 1 aliphatic carbocycles. The number of aliphatic carboxylic acids is 1. The molecule has 0 amide bonds. The smallest absolute Gasteiger partial charge is 0.310 e. The first kappa shape index (κ1) is 15.0. The van der Waals surface area contributed by atoms with Crippen molar-refractivity contribution in [3.63, 3.8) is 0 Å². The van der Waals surface area contributed by atoms with E-state index >= 15 is 0 Å². The zero-order valence-electron chi connectivity index (χ0n) is 12.1. The number of carbonyl (C=O) groups is 1. The number of nitrogens with zero attached hydrogens (tertiary/aromatic N) is 2. The van der Waals surface area contributed by atoms with Gasteiger partial charge >= 0.3 is 5.97 Å². The second kappa shape index (κ2) is 6.35. The number of methoxy groups -OCH3 is 1. The van der Waals surface area contributed by atoms with Gasteiger partial charge in [-0.15, -0.1) is 0 Å². The molecule has 0 aliphatic heterocycles. The highest BCUT2D eigenvalue weighted by molar-refractivity contribution is 5.75. The molecule has 1 saturated carbocycles. The number of carboxylic acids is 1. The Kier molecular flexibility index (Phi) is 4.75. The van der Waals surface area contributed by atoms with Gasteiger partial charge in [-0.1, -0.05) is 24.4 Å². The van der Waals surface area contributed by atoms with Crippen LogP contribution in [0.25, 0.3) is 0 Å². The minimum absolute atomic E-state index is 0.0172. The summed E-state index contributed by atoms with van der Waals surface area (Å²) in [6.45, 7) is 1.93. The van der Waals surface area contributed by atoms with Crippen molar-refractivity contribution in [2.45, 2.75) is 58.0 Å². The number of carboxylic acid groups (broad SMARTS) is 1. The molecule has 20 heavy (non-hydrogen) atoms. The molecule has 1 aliphatic rings. The van der Waals surface area contributed by atoms with E-state index in [9.17, 15) is 9.90 Å². The summed E-state index contributed by atoms with van der Waals surface area (Å²) in [7, 11) is 1.63. The zero-order valence-corrected chi connectivity index (χ0v) is 12.1. The lowest BCUT2D eigenvalue weighted by Gasteiger charge is -2.31. The maximum absolute atomic E-state index is 11.6. The molecular formula is C14H22N2O4. The molecule has 1 atom stereocenters. The lowest BCUT2D eigenvalue weighted by atomic mass is 9.72. The van der Waals surface area contributed by atoms with Crippen molar-refractivity contribution < 1.29 is 19.2 Å². The van der Waals surface area contributed by atoms with Crippen LogP contribution in [0.4, 0.5) is 0 Å². The lowest BCUT2D eigenvalue weighted by molar-refractivity contribution is -0.151. The van der Waals surface area contributed by atoms with Crippen molar-refractivity contribution in [1.29, 1.82) is 0 Å². The van der Waals surface area contributed by atoms with Crippen LogP contribution < -0.4 is 0 Å². The van der Waals surface area contributed by atoms with Crippen molar-refractivity contribution in [3.8, 4) is 0 Å². The van der Waals surface area contributed by atoms with E-state index in [-0.39, 0.29) is 6.10 Å². The average molecular weight is 282 g/mol. The monoisotopic (exact) mass is 282 g/mol. The predicted octanol–water partition coefficient (Wildman–Crippen LogP) is 2.22. The third-order valence-electron chi connectivity index (χ3n) is 4.14. The van der Waals surface area contributed by atoms with E-state index in [0.29, 0.717) is 37.4 Å². The Morgan fingerprint density at radius 1 is 1.45 bits per heavy atom. The second-order valence-electron chi connectivity index (χ2n) is 5.68. The molecule has 1 aromatic rings. The van der Waals surface area contributed by atoms with Gasteiger partial charge < -0.3 is 14.4 Å². The van der Waals surface area contributed by atoms with E-state index in [1.165, 1.54) is 0 Å². The van der Waals surface area contributed by atoms with Gasteiger partial charge in [0.25, 0.3) is 0 Å². The van der Waals surface area contributed by atoms with Gasteiger partial charge in [0, 0.05) is 20.0 Å². The Labute approximate surface area is 118 Å². The maximum atomic E-state index is 11.6. The SMILES string of the molecule is COC(C)Cc1noc(CC2(C(=O)O)CCCCC2)n1. The summed E-state index contributed by atoms with van der Waals surface area (Å²) in [6.07, 6.45) is 5.31. The van der Waals surface area contributed by atoms with Crippen LogP contribution in [0.15, 0.2) is 4.52 Å². The van der Waals surface area contributed by atoms with Crippen LogP contribution in [0.1, 0.15) is 50.7 Å². The van der Waals surface area contributed by atoms with Gasteiger partial charge in [-0.25, -0.2) is 0 Å². The molecular weight excluding hydrogens is 260 g/mol. The molecule has 0 spiro atoms. The Morgan fingerprint density at radius 2 is 2.15 bits per heavy atom. The van der Waals surface area contributed by atoms with Crippen molar-refractivity contribution in [1.82, 2.24) is 10.1 Å². The first-order chi connectivity index (χ1) is 9.55. The lowest BCUT2D eigenvalue weighted by Crippen LogP contribution is -2.35. The Balaban J connectivity index is 2.06. The molecule has 0 radical (unpaired) electrons. The Bertz CT molecular complexity index is 452. The van der Waals surface area contributed by atoms with E-state index < -0.39 is 11.4 Å². The van der Waals surface area contributed by atoms with Crippen LogP contribution in [0, 0.1) is 5.41 Å². The molecule has 2 rings (SSSR count). The van der Waals surface area contributed by atoms with Gasteiger partial charge in [-0.3, -0.25) is 4.79 Å². The molecule has 0 saturated heterocycles. The first-order valence-corrected chi connectivity index (χ1v) is 7.13. The molecule has 6 heteroatoms. The summed E-state index contributed by atoms with van der Waals surface area (Å²) in [5.74, 6) is 0.250. The maximum Gasteiger partial charge on any atom is 0.310 e. The number of hydrogen-bond donors (Lipinski definition) is 1. The van der Waals surface area contributed by atoms with Crippen LogP contribution in [0.3, 0.4) is 0 Å². The van der Waals surface area contributed by atoms with Crippen molar-refractivity contribution in [2.75, 3.05) is 7.11 Å². The third kappa shape index (κ3) is 3.36. The topological polar surface area (TPSA) is 85.5 Å². The third-order valence-corrected chi connectivity index (χ3v) is 4.14. The summed E-state index contributed by atoms with van der Waals surface area (Å²) in [4.78, 5) is 15.9. The minimum Gasteiger partial charge on any atom is -0.481 e. The largest absolute Gasteiger partial charge is 0.481 e. The van der Waals surface area contributed by atoms with Crippen LogP contribution in [0.5, 0.6) is 0 Å². The van der Waals surface area contributed by atoms with Crippen LogP contribution in [-0.2, 0) is 22.4 Å². The highest BCUT2D eigenvalue weighted by Crippen LogP contribution is 2.39. The fourth-order valence-electron chi connectivity index (χ4n) is 2.77. The molecule has 1 heterocycles. The van der Waals surface area contributed by atoms with Crippen molar-refractivity contribution in [2.24, 2.45) is 5.41 Å². The van der Waals surface area contributed by atoms with Crippen LogP contribution in [0.2, 0.25) is 0 Å². The standard InChI is InChI=1S/C14H22N2O4/c1-10(19-2)8-11-15-12(20-16-11)9-14(13(17)18)6-4-3-5-7-14/h10H,3-9H2,1-2H3,(H,17,18). The molecule has 1 fully saturated rings. The van der Waals surface area contributed by atoms with Gasteiger partial charge in [0.15, 0.2) is 5.82 Å². The Hall–Kier alpha value is -1.43. The van der Waals surface area contributed by atoms with E-state index in [0.717, 1.165) is 19.3 Å². The van der Waals surface area contributed by atoms with Crippen molar-refractivity contribution >= 4 is 5.97 Å². The Morgan fingerprint density at radius 3 is 2.75 bits per heavy atom. The van der Waals surface area contributed by atoms with E-state index in [2.05, 4.69) is 10.1 Å². The van der Waals surface area contributed by atoms with E-state index in [1.54, 1.807) is 7.11 Å². The van der Waals surface area contributed by atoms with E-state index in [4.69, 9.17) is 9.26 Å². The molecule has 1 N–H and O–H groups in total. The van der Waals surface area contributed by atoms with Gasteiger partial charge in [-0.2, -0.15) is 4.98 Å². The second-order valence-corrected chi connectivity index (χ2v) is 5.68. The number of hydrogen-bond acceptors (Lipinski definition) is 5. The molecule has 112 valence electrons. The van der Waals surface area contributed by atoms with Crippen LogP contribution >= 0.6 is 0 Å². The minimum atomic E-state index is -0.748. The normalized spacial score (nSPS) is 19.7. The number of ether oxygens (including phenoxy) is 1. The van der Waals surface area contributed by atoms with E-state index in [1.807, 2.05) is 6.92 Å². The van der Waals surface area contributed by atoms with Gasteiger partial charge in [0.2, 0.25) is 5.89 Å². The quantitative estimate of drug-likeness (QED) is 0.861.